The van der Waals surface area contributed by atoms with Crippen LogP contribution in [0.4, 0.5) is 10.6 Å². The fraction of sp³-hybridized carbons (Fsp3) is 0.500. The first kappa shape index (κ1) is 27.0. The van der Waals surface area contributed by atoms with Gasteiger partial charge in [-0.2, -0.15) is 9.97 Å². The zero-order valence-corrected chi connectivity index (χ0v) is 22.1. The van der Waals surface area contributed by atoms with Crippen LogP contribution >= 0.6 is 11.8 Å². The predicted octanol–water partition coefficient (Wildman–Crippen LogP) is 2.54. The van der Waals surface area contributed by atoms with Crippen molar-refractivity contribution in [1.29, 1.82) is 0 Å². The summed E-state index contributed by atoms with van der Waals surface area (Å²) >= 11 is 1.71. The Kier molecular flexibility index (Phi) is 9.48. The summed E-state index contributed by atoms with van der Waals surface area (Å²) in [5.41, 5.74) is 1.93. The van der Waals surface area contributed by atoms with Crippen molar-refractivity contribution in [2.24, 2.45) is 0 Å². The number of aliphatic hydroxyl groups excluding tert-OH is 2. The van der Waals surface area contributed by atoms with Gasteiger partial charge in [0.05, 0.1) is 13.7 Å². The van der Waals surface area contributed by atoms with Crippen molar-refractivity contribution >= 4 is 29.7 Å². The van der Waals surface area contributed by atoms with Gasteiger partial charge < -0.3 is 34.8 Å². The highest BCUT2D eigenvalue weighted by molar-refractivity contribution is 7.99. The molecule has 4 rings (SSSR count). The van der Waals surface area contributed by atoms with Crippen LogP contribution < -0.4 is 19.7 Å². The van der Waals surface area contributed by atoms with Crippen LogP contribution in [0.15, 0.2) is 35.4 Å². The Bertz CT molecular complexity index is 1090. The first-order valence-electron chi connectivity index (χ1n) is 12.6. The Hall–Kier alpha value is -3.02. The summed E-state index contributed by atoms with van der Waals surface area (Å²) in [6.45, 7) is 4.44. The van der Waals surface area contributed by atoms with Gasteiger partial charge in [0.2, 0.25) is 0 Å². The molecule has 200 valence electrons. The Labute approximate surface area is 221 Å². The maximum Gasteiger partial charge on any atom is 0.319 e. The van der Waals surface area contributed by atoms with Crippen molar-refractivity contribution in [2.75, 3.05) is 51.4 Å². The van der Waals surface area contributed by atoms with Gasteiger partial charge in [0.1, 0.15) is 29.3 Å². The Morgan fingerprint density at radius 2 is 2.08 bits per heavy atom. The standard InChI is InChI=1S/C26H35N5O5S/c1-3-21-8-5-9-22-23(28-25(29-24(22)37-21)36-17-19(33)16-32)30-10-12-31(13-11-30)26(34)27-15-18-6-4-7-20(14-18)35-2/h4-7,9,14,19,21,32-33H,3,8,10-13,15-17H2,1-2H3,(H,27,34)/t19-,21+/m1/s1. The van der Waals surface area contributed by atoms with Gasteiger partial charge in [-0.1, -0.05) is 31.2 Å². The summed E-state index contributed by atoms with van der Waals surface area (Å²) in [7, 11) is 1.62. The largest absolute Gasteiger partial charge is 0.497 e. The molecule has 0 spiro atoms. The molecule has 0 radical (unpaired) electrons. The Morgan fingerprint density at radius 1 is 1.27 bits per heavy atom. The van der Waals surface area contributed by atoms with Gasteiger partial charge in [0.15, 0.2) is 0 Å². The number of rotatable bonds is 9. The van der Waals surface area contributed by atoms with Crippen molar-refractivity contribution in [3.63, 3.8) is 0 Å². The number of aromatic nitrogens is 2. The van der Waals surface area contributed by atoms with Gasteiger partial charge in [-0.15, -0.1) is 11.8 Å². The Balaban J connectivity index is 1.44. The SMILES string of the molecule is CC[C@H]1CC=Cc2c(nc(OC[C@H](O)CO)nc2N2CCN(C(=O)NCc3cccc(OC)c3)CC2)S1. The monoisotopic (exact) mass is 529 g/mol. The van der Waals surface area contributed by atoms with Crippen molar-refractivity contribution in [3.8, 4) is 11.8 Å². The van der Waals surface area contributed by atoms with Crippen molar-refractivity contribution in [3.05, 3.63) is 41.5 Å². The topological polar surface area (TPSA) is 120 Å². The quantitative estimate of drug-likeness (QED) is 0.421. The van der Waals surface area contributed by atoms with Gasteiger partial charge >= 0.3 is 12.0 Å². The van der Waals surface area contributed by atoms with E-state index in [1.807, 2.05) is 29.2 Å². The van der Waals surface area contributed by atoms with E-state index < -0.39 is 12.7 Å². The van der Waals surface area contributed by atoms with Crippen molar-refractivity contribution < 1.29 is 24.5 Å². The van der Waals surface area contributed by atoms with E-state index in [9.17, 15) is 9.90 Å². The van der Waals surface area contributed by atoms with E-state index in [2.05, 4.69) is 39.3 Å². The molecule has 0 unspecified atom stereocenters. The number of urea groups is 1. The first-order chi connectivity index (χ1) is 18.0. The molecular weight excluding hydrogens is 494 g/mol. The maximum absolute atomic E-state index is 12.8. The van der Waals surface area contributed by atoms with Gasteiger partial charge in [-0.05, 0) is 30.5 Å². The summed E-state index contributed by atoms with van der Waals surface area (Å²) in [4.78, 5) is 26.1. The van der Waals surface area contributed by atoms with Crippen LogP contribution in [0.25, 0.3) is 6.08 Å². The zero-order valence-electron chi connectivity index (χ0n) is 21.3. The van der Waals surface area contributed by atoms with E-state index in [1.165, 1.54) is 0 Å². The minimum absolute atomic E-state index is 0.0896. The molecule has 1 fully saturated rings. The summed E-state index contributed by atoms with van der Waals surface area (Å²) < 4.78 is 10.9. The first-order valence-corrected chi connectivity index (χ1v) is 13.5. The molecule has 2 amide bonds. The van der Waals surface area contributed by atoms with Crippen LogP contribution in [0.3, 0.4) is 0 Å². The summed E-state index contributed by atoms with van der Waals surface area (Å²) in [6.07, 6.45) is 5.19. The van der Waals surface area contributed by atoms with E-state index in [0.29, 0.717) is 38.0 Å². The van der Waals surface area contributed by atoms with E-state index in [-0.39, 0.29) is 18.6 Å². The molecule has 11 heteroatoms. The Morgan fingerprint density at radius 3 is 2.81 bits per heavy atom. The second-order valence-corrected chi connectivity index (χ2v) is 10.3. The molecule has 1 aromatic heterocycles. The average molecular weight is 530 g/mol. The van der Waals surface area contributed by atoms with Crippen molar-refractivity contribution in [1.82, 2.24) is 20.2 Å². The third-order valence-corrected chi connectivity index (χ3v) is 7.74. The number of allylic oxidation sites excluding steroid dienone is 1. The third-order valence-electron chi connectivity index (χ3n) is 6.35. The molecule has 0 aliphatic carbocycles. The lowest BCUT2D eigenvalue weighted by molar-refractivity contribution is 0.0502. The van der Waals surface area contributed by atoms with Gasteiger partial charge in [0.25, 0.3) is 0 Å². The van der Waals surface area contributed by atoms with E-state index in [4.69, 9.17) is 14.6 Å². The van der Waals surface area contributed by atoms with Crippen LogP contribution in [0.2, 0.25) is 0 Å². The molecule has 2 aliphatic heterocycles. The molecule has 2 aliphatic rings. The van der Waals surface area contributed by atoms with E-state index >= 15 is 0 Å². The molecule has 0 bridgehead atoms. The number of methoxy groups -OCH3 is 1. The molecule has 3 N–H and O–H groups in total. The fourth-order valence-electron chi connectivity index (χ4n) is 4.17. The molecule has 1 aromatic carbocycles. The van der Waals surface area contributed by atoms with Gasteiger partial charge in [-0.3, -0.25) is 0 Å². The van der Waals surface area contributed by atoms with Crippen LogP contribution in [-0.2, 0) is 6.54 Å². The second kappa shape index (κ2) is 13.0. The molecule has 37 heavy (non-hydrogen) atoms. The van der Waals surface area contributed by atoms with E-state index in [1.54, 1.807) is 18.9 Å². The number of piperazine rings is 1. The average Bonchev–Trinajstić information content (AvgIpc) is 3.16. The number of fused-ring (bicyclic) bond motifs is 1. The predicted molar refractivity (Wildman–Crippen MR) is 143 cm³/mol. The number of nitrogens with one attached hydrogen (secondary N) is 1. The molecule has 1 saturated heterocycles. The number of thioether (sulfide) groups is 1. The lowest BCUT2D eigenvalue weighted by Crippen LogP contribution is -2.52. The normalized spacial score (nSPS) is 18.1. The molecule has 2 aromatic rings. The van der Waals surface area contributed by atoms with Gasteiger partial charge in [0, 0.05) is 43.5 Å². The van der Waals surface area contributed by atoms with Crippen molar-refractivity contribution in [2.45, 2.75) is 42.7 Å². The van der Waals surface area contributed by atoms with E-state index in [0.717, 1.165) is 40.6 Å². The molecule has 10 nitrogen and oxygen atoms in total. The van der Waals surface area contributed by atoms with Crippen LogP contribution in [-0.4, -0.2) is 89.0 Å². The highest BCUT2D eigenvalue weighted by atomic mass is 32.2. The number of anilines is 1. The molecule has 2 atom stereocenters. The number of ether oxygens (including phenoxy) is 2. The number of carbonyl (C=O) groups is 1. The second-order valence-electron chi connectivity index (χ2n) is 8.97. The number of carbonyl (C=O) groups excluding carboxylic acids is 1. The number of aliphatic hydroxyl groups is 2. The highest BCUT2D eigenvalue weighted by Crippen LogP contribution is 2.38. The van der Waals surface area contributed by atoms with Crippen LogP contribution in [0.5, 0.6) is 11.8 Å². The number of benzene rings is 1. The minimum Gasteiger partial charge on any atom is -0.497 e. The maximum atomic E-state index is 12.8. The lowest BCUT2D eigenvalue weighted by atomic mass is 10.2. The summed E-state index contributed by atoms with van der Waals surface area (Å²) in [5.74, 6) is 1.52. The number of amides is 2. The van der Waals surface area contributed by atoms with Crippen LogP contribution in [0.1, 0.15) is 30.9 Å². The smallest absolute Gasteiger partial charge is 0.319 e. The molecular formula is C26H35N5O5S. The number of hydrogen-bond acceptors (Lipinski definition) is 9. The fourth-order valence-corrected chi connectivity index (χ4v) is 5.28. The highest BCUT2D eigenvalue weighted by Gasteiger charge is 2.27. The lowest BCUT2D eigenvalue weighted by Gasteiger charge is -2.36. The summed E-state index contributed by atoms with van der Waals surface area (Å²) in [5, 5.41) is 23.1. The minimum atomic E-state index is -0.999. The third kappa shape index (κ3) is 7.06. The summed E-state index contributed by atoms with van der Waals surface area (Å²) in [6, 6.07) is 7.72. The van der Waals surface area contributed by atoms with Gasteiger partial charge in [-0.25, -0.2) is 4.79 Å². The van der Waals surface area contributed by atoms with Crippen LogP contribution in [0, 0.1) is 0 Å². The molecule has 3 heterocycles. The number of nitrogens with zero attached hydrogens (tertiary/aromatic N) is 4. The number of hydrogen-bond donors (Lipinski definition) is 3. The molecule has 0 saturated carbocycles. The zero-order chi connectivity index (χ0) is 26.2.